The molecule has 2 fully saturated rings. The van der Waals surface area contributed by atoms with E-state index in [9.17, 15) is 24.5 Å². The number of aromatic hydroxyl groups is 1. The van der Waals surface area contributed by atoms with Crippen LogP contribution in [0.5, 0.6) is 5.75 Å². The zero-order valence-corrected chi connectivity index (χ0v) is 36.7. The predicted molar refractivity (Wildman–Crippen MR) is 236 cm³/mol. The summed E-state index contributed by atoms with van der Waals surface area (Å²) in [5.41, 5.74) is 5.89. The Bertz CT molecular complexity index is 1980. The molecule has 0 bridgehead atoms. The van der Waals surface area contributed by atoms with Crippen LogP contribution in [0.25, 0.3) is 6.08 Å². The minimum Gasteiger partial charge on any atom is -0.507 e. The minimum atomic E-state index is -3.00. The number of rotatable bonds is 17. The van der Waals surface area contributed by atoms with Crippen molar-refractivity contribution in [1.29, 1.82) is 0 Å². The first kappa shape index (κ1) is 44.3. The van der Waals surface area contributed by atoms with Crippen LogP contribution in [0.15, 0.2) is 89.5 Å². The second-order valence-electron chi connectivity index (χ2n) is 17.9. The fraction of sp³-hybridized carbons (Fsp3) is 0.479. The molecule has 0 radical (unpaired) electrons. The highest BCUT2D eigenvalue weighted by atomic mass is 28.4. The van der Waals surface area contributed by atoms with Crippen molar-refractivity contribution in [2.24, 2.45) is 17.8 Å². The number of carboxylic acids is 1. The van der Waals surface area contributed by atoms with Gasteiger partial charge in [-0.15, -0.1) is 0 Å². The number of aryl methyl sites for hydroxylation is 2. The molecular weight excluding hydrogens is 757 g/mol. The number of phenolic OH excluding ortho intramolecular Hbond substituents is 1. The third kappa shape index (κ3) is 9.54. The highest BCUT2D eigenvalue weighted by Crippen LogP contribution is 2.51. The van der Waals surface area contributed by atoms with Gasteiger partial charge >= 0.3 is 13.1 Å². The lowest BCUT2D eigenvalue weighted by molar-refractivity contribution is -0.141. The molecule has 2 amide bonds. The van der Waals surface area contributed by atoms with E-state index in [0.717, 1.165) is 51.1 Å². The van der Waals surface area contributed by atoms with Crippen molar-refractivity contribution >= 4 is 49.7 Å². The van der Waals surface area contributed by atoms with E-state index in [2.05, 4.69) is 82.3 Å². The van der Waals surface area contributed by atoms with Crippen LogP contribution in [0.2, 0.25) is 11.4 Å². The summed E-state index contributed by atoms with van der Waals surface area (Å²) in [5.74, 6) is -2.52. The van der Waals surface area contributed by atoms with Gasteiger partial charge in [-0.1, -0.05) is 113 Å². The number of carbonyl (C=O) groups excluding carboxylic acids is 2. The molecule has 314 valence electrons. The first-order valence-corrected chi connectivity index (χ1v) is 23.4. The van der Waals surface area contributed by atoms with Crippen molar-refractivity contribution in [1.82, 2.24) is 4.90 Å². The molecule has 59 heavy (non-hydrogen) atoms. The normalized spacial score (nSPS) is 21.2. The van der Waals surface area contributed by atoms with Gasteiger partial charge in [-0.05, 0) is 120 Å². The van der Waals surface area contributed by atoms with Gasteiger partial charge in [-0.3, -0.25) is 19.3 Å². The van der Waals surface area contributed by atoms with Crippen LogP contribution in [0, 0.1) is 31.6 Å². The van der Waals surface area contributed by atoms with E-state index in [1.807, 2.05) is 38.1 Å². The quantitative estimate of drug-likeness (QED) is 0.0541. The monoisotopic (exact) mass is 819 g/mol. The molecule has 3 N–H and O–H groups in total. The number of allylic oxidation sites excluding steroid dienone is 1. The number of benzene rings is 3. The van der Waals surface area contributed by atoms with E-state index in [1.165, 1.54) is 10.5 Å². The summed E-state index contributed by atoms with van der Waals surface area (Å²) in [6, 6.07) is 24.9. The van der Waals surface area contributed by atoms with Gasteiger partial charge < -0.3 is 24.3 Å². The molecule has 3 aromatic carbocycles. The number of unbranched alkanes of at least 4 members (excludes halogenated alkanes) is 2. The average molecular weight is 820 g/mol. The molecule has 2 heterocycles. The maximum atomic E-state index is 14.4. The lowest BCUT2D eigenvalue weighted by Gasteiger charge is -2.46. The van der Waals surface area contributed by atoms with Crippen LogP contribution in [0.3, 0.4) is 0 Å². The van der Waals surface area contributed by atoms with E-state index in [1.54, 1.807) is 0 Å². The summed E-state index contributed by atoms with van der Waals surface area (Å²) in [4.78, 5) is 41.1. The van der Waals surface area contributed by atoms with E-state index in [4.69, 9.17) is 14.2 Å². The van der Waals surface area contributed by atoms with Crippen molar-refractivity contribution in [3.63, 3.8) is 0 Å². The van der Waals surface area contributed by atoms with E-state index >= 15 is 0 Å². The maximum absolute atomic E-state index is 14.4. The number of likely N-dealkylation sites (tertiary alicyclic amines) is 1. The van der Waals surface area contributed by atoms with Crippen LogP contribution in [-0.4, -0.2) is 72.6 Å². The molecule has 2 saturated heterocycles. The van der Waals surface area contributed by atoms with Gasteiger partial charge in [0.25, 0.3) is 8.32 Å². The molecule has 3 aliphatic rings. The lowest BCUT2D eigenvalue weighted by atomic mass is 9.58. The zero-order chi connectivity index (χ0) is 42.5. The van der Waals surface area contributed by atoms with Crippen molar-refractivity contribution in [3.8, 4) is 5.75 Å². The number of imide groups is 1. The number of hydrogen-bond donors (Lipinski definition) is 3. The topological polar surface area (TPSA) is 134 Å². The van der Waals surface area contributed by atoms with Crippen molar-refractivity contribution in [2.45, 2.75) is 117 Å². The van der Waals surface area contributed by atoms with Crippen LogP contribution in [0.4, 0.5) is 0 Å². The second kappa shape index (κ2) is 19.0. The highest BCUT2D eigenvalue weighted by Gasteiger charge is 2.58. The van der Waals surface area contributed by atoms with Crippen LogP contribution < -0.4 is 10.4 Å². The van der Waals surface area contributed by atoms with Gasteiger partial charge in [0.15, 0.2) is 0 Å². The summed E-state index contributed by atoms with van der Waals surface area (Å²) in [6.45, 7) is 13.2. The minimum absolute atomic E-state index is 0.0554. The van der Waals surface area contributed by atoms with Crippen molar-refractivity contribution < 1.29 is 38.7 Å². The Balaban J connectivity index is 1.39. The summed E-state index contributed by atoms with van der Waals surface area (Å²) in [5, 5.41) is 32.9. The first-order valence-electron chi connectivity index (χ1n) is 21.5. The second-order valence-corrected chi connectivity index (χ2v) is 22.2. The number of phenols is 1. The standard InChI is InChI=1S/C48H62BNO8Si/c1-7-17-34(28-35-26-32(2)45(53)33(3)27-35)23-24-41-43-36(31-57-59(48(4,5)6,37-18-11-8-12-19-37)38-20-13-9-14-21-38)29-39-44(40(43)30-49(56)58-41)47(55)50(46(39)54)25-16-10-15-22-42(51)52/h8-9,11-14,18-21,26-28,39-41,44,53,56H,7,10,15-17,22-25,29-31H2,1-6H3,(H,51,52)/b34-28+/t39-,40+,41-,44-/m1/s1. The molecule has 6 rings (SSSR count). The number of carboxylic acid groups (broad SMARTS) is 1. The molecular formula is C48H62BNO8Si. The van der Waals surface area contributed by atoms with E-state index < -0.39 is 45.3 Å². The average Bonchev–Trinajstić information content (AvgIpc) is 3.43. The Labute approximate surface area is 351 Å². The van der Waals surface area contributed by atoms with Crippen LogP contribution in [-0.2, 0) is 23.5 Å². The number of hydrogen-bond acceptors (Lipinski definition) is 7. The van der Waals surface area contributed by atoms with Crippen molar-refractivity contribution in [2.75, 3.05) is 13.2 Å². The fourth-order valence-electron chi connectivity index (χ4n) is 10.1. The molecule has 0 saturated carbocycles. The van der Waals surface area contributed by atoms with Gasteiger partial charge in [-0.25, -0.2) is 0 Å². The van der Waals surface area contributed by atoms with E-state index in [-0.39, 0.29) is 42.7 Å². The van der Waals surface area contributed by atoms with Gasteiger partial charge in [0.1, 0.15) is 5.75 Å². The van der Waals surface area contributed by atoms with Crippen LogP contribution in [0.1, 0.15) is 102 Å². The summed E-state index contributed by atoms with van der Waals surface area (Å²) < 4.78 is 14.0. The lowest BCUT2D eigenvalue weighted by Crippen LogP contribution is -2.66. The van der Waals surface area contributed by atoms with Gasteiger partial charge in [0.05, 0.1) is 24.5 Å². The summed E-state index contributed by atoms with van der Waals surface area (Å²) in [6.07, 6.45) is 7.10. The molecule has 11 heteroatoms. The number of nitrogens with zero attached hydrogens (tertiary/aromatic N) is 1. The molecule has 4 atom stereocenters. The molecule has 3 aromatic rings. The molecule has 2 aliphatic heterocycles. The number of fused-ring (bicyclic) bond motifs is 3. The zero-order valence-electron chi connectivity index (χ0n) is 35.7. The molecule has 0 aromatic heterocycles. The predicted octanol–water partition coefficient (Wildman–Crippen LogP) is 7.99. The van der Waals surface area contributed by atoms with Crippen molar-refractivity contribution in [3.05, 3.63) is 106 Å². The third-order valence-corrected chi connectivity index (χ3v) is 17.7. The van der Waals surface area contributed by atoms with Crippen LogP contribution >= 0.6 is 0 Å². The van der Waals surface area contributed by atoms with Gasteiger partial charge in [-0.2, -0.15) is 0 Å². The van der Waals surface area contributed by atoms with Gasteiger partial charge in [0, 0.05) is 13.0 Å². The summed E-state index contributed by atoms with van der Waals surface area (Å²) >= 11 is 0. The third-order valence-electron chi connectivity index (χ3n) is 12.7. The SMILES string of the molecule is CCC/C(=C\c1cc(C)c(O)c(C)c1)CC[C@H]1OB(O)C[C@H]2C1=C(CO[Si](c1ccccc1)(c1ccccc1)C(C)(C)C)C[C@H]1C(=O)N(CCCCCC(=O)O)C(=O)[C@H]12. The molecule has 1 aliphatic carbocycles. The molecule has 0 spiro atoms. The molecule has 9 nitrogen and oxygen atoms in total. The fourth-order valence-corrected chi connectivity index (χ4v) is 14.6. The highest BCUT2D eigenvalue weighted by molar-refractivity contribution is 6.99. The largest absolute Gasteiger partial charge is 0.507 e. The number of aliphatic carboxylic acids is 1. The Hall–Kier alpha value is -4.29. The Kier molecular flexibility index (Phi) is 14.2. The smallest absolute Gasteiger partial charge is 0.455 e. The number of carbonyl (C=O) groups is 3. The van der Waals surface area contributed by atoms with E-state index in [0.29, 0.717) is 44.3 Å². The number of amides is 2. The Morgan fingerprint density at radius 3 is 2.12 bits per heavy atom. The first-order chi connectivity index (χ1) is 28.2. The van der Waals surface area contributed by atoms with Gasteiger partial charge in [0.2, 0.25) is 11.8 Å². The maximum Gasteiger partial charge on any atom is 0.455 e. The molecule has 0 unspecified atom stereocenters. The Morgan fingerprint density at radius 1 is 0.915 bits per heavy atom. The Morgan fingerprint density at radius 2 is 1.54 bits per heavy atom. The summed E-state index contributed by atoms with van der Waals surface area (Å²) in [7, 11) is -4.09.